The highest BCUT2D eigenvalue weighted by Crippen LogP contribution is 2.40. The van der Waals surface area contributed by atoms with Crippen LogP contribution in [0.3, 0.4) is 0 Å². The van der Waals surface area contributed by atoms with Gasteiger partial charge in [0.2, 0.25) is 0 Å². The van der Waals surface area contributed by atoms with Crippen molar-refractivity contribution in [2.75, 3.05) is 7.11 Å². The number of aromatic amines is 1. The first-order valence-electron chi connectivity index (χ1n) is 11.0. The van der Waals surface area contributed by atoms with E-state index in [0.717, 1.165) is 29.6 Å². The average molecular weight is 403 g/mol. The zero-order valence-electron chi connectivity index (χ0n) is 18.3. The Morgan fingerprint density at radius 3 is 2.67 bits per heavy atom. The highest BCUT2D eigenvalue weighted by Gasteiger charge is 2.24. The lowest BCUT2D eigenvalue weighted by Crippen LogP contribution is -2.19. The van der Waals surface area contributed by atoms with E-state index >= 15 is 0 Å². The number of ether oxygens (including phenoxy) is 1. The minimum atomic E-state index is 0.417. The van der Waals surface area contributed by atoms with Crippen LogP contribution in [0.1, 0.15) is 68.1 Å². The van der Waals surface area contributed by atoms with E-state index < -0.39 is 0 Å². The maximum atomic E-state index is 5.57. The van der Waals surface area contributed by atoms with Gasteiger partial charge in [0.15, 0.2) is 5.65 Å². The zero-order valence-corrected chi connectivity index (χ0v) is 18.3. The van der Waals surface area contributed by atoms with E-state index in [4.69, 9.17) is 4.74 Å². The molecule has 0 bridgehead atoms. The second kappa shape index (κ2) is 7.55. The predicted octanol–water partition coefficient (Wildman–Crippen LogP) is 5.98. The Bertz CT molecular complexity index is 1190. The summed E-state index contributed by atoms with van der Waals surface area (Å²) in [6.45, 7) is 6.66. The van der Waals surface area contributed by atoms with Gasteiger partial charge in [0.25, 0.3) is 0 Å². The number of rotatable bonds is 4. The van der Waals surface area contributed by atoms with Crippen LogP contribution in [0.4, 0.5) is 0 Å². The lowest BCUT2D eigenvalue weighted by Gasteiger charge is -2.28. The minimum absolute atomic E-state index is 0.417. The maximum absolute atomic E-state index is 5.57. The molecular formula is C25H30N4O. The van der Waals surface area contributed by atoms with Crippen LogP contribution >= 0.6 is 0 Å². The van der Waals surface area contributed by atoms with Gasteiger partial charge in [0, 0.05) is 29.8 Å². The Morgan fingerprint density at radius 1 is 1.13 bits per heavy atom. The van der Waals surface area contributed by atoms with Gasteiger partial charge in [0.05, 0.1) is 11.8 Å². The lowest BCUT2D eigenvalue weighted by molar-refractivity contribution is 0.0659. The molecule has 5 heteroatoms. The van der Waals surface area contributed by atoms with E-state index in [2.05, 4.69) is 66.3 Å². The molecule has 156 valence electrons. The van der Waals surface area contributed by atoms with Crippen molar-refractivity contribution in [1.82, 2.24) is 19.6 Å². The van der Waals surface area contributed by atoms with Gasteiger partial charge in [-0.1, -0.05) is 19.9 Å². The Morgan fingerprint density at radius 2 is 1.93 bits per heavy atom. The van der Waals surface area contributed by atoms with Gasteiger partial charge < -0.3 is 9.72 Å². The number of aromatic nitrogens is 4. The van der Waals surface area contributed by atoms with Crippen molar-refractivity contribution in [3.63, 3.8) is 0 Å². The zero-order chi connectivity index (χ0) is 20.8. The highest BCUT2D eigenvalue weighted by molar-refractivity contribution is 5.92. The van der Waals surface area contributed by atoms with Gasteiger partial charge in [-0.25, -0.2) is 9.50 Å². The Balaban J connectivity index is 1.60. The summed E-state index contributed by atoms with van der Waals surface area (Å²) in [5, 5.41) is 5.71. The molecule has 0 saturated heterocycles. The average Bonchev–Trinajstić information content (AvgIpc) is 3.38. The molecule has 1 aliphatic carbocycles. The SMILES string of the molecule is COC1CCC(c2ccc3[nH]c(-c4cc(C)c5ncnn5c4)c(C(C)C)c3c2)CC1. The summed E-state index contributed by atoms with van der Waals surface area (Å²) >= 11 is 0. The minimum Gasteiger partial charge on any atom is -0.381 e. The summed E-state index contributed by atoms with van der Waals surface area (Å²) in [5.74, 6) is 1.05. The van der Waals surface area contributed by atoms with Crippen molar-refractivity contribution in [2.45, 2.75) is 64.4 Å². The van der Waals surface area contributed by atoms with Crippen LogP contribution in [-0.4, -0.2) is 32.8 Å². The van der Waals surface area contributed by atoms with Gasteiger partial charge in [0.1, 0.15) is 6.33 Å². The smallest absolute Gasteiger partial charge is 0.158 e. The summed E-state index contributed by atoms with van der Waals surface area (Å²) in [6.07, 6.45) is 8.87. The molecule has 1 N–H and O–H groups in total. The van der Waals surface area contributed by atoms with Crippen LogP contribution in [-0.2, 0) is 4.74 Å². The van der Waals surface area contributed by atoms with Crippen LogP contribution in [0.2, 0.25) is 0 Å². The second-order valence-corrected chi connectivity index (χ2v) is 9.02. The van der Waals surface area contributed by atoms with Crippen molar-refractivity contribution in [3.05, 3.63) is 53.5 Å². The van der Waals surface area contributed by atoms with E-state index in [-0.39, 0.29) is 0 Å². The first kappa shape index (κ1) is 19.3. The molecule has 5 rings (SSSR count). The fourth-order valence-electron chi connectivity index (χ4n) is 5.17. The number of H-pyrrole nitrogens is 1. The highest BCUT2D eigenvalue weighted by atomic mass is 16.5. The van der Waals surface area contributed by atoms with Gasteiger partial charge in [-0.2, -0.15) is 5.10 Å². The van der Waals surface area contributed by atoms with Gasteiger partial charge in [-0.3, -0.25) is 0 Å². The third-order valence-electron chi connectivity index (χ3n) is 6.77. The maximum Gasteiger partial charge on any atom is 0.158 e. The number of hydrogen-bond donors (Lipinski definition) is 1. The van der Waals surface area contributed by atoms with E-state index in [1.165, 1.54) is 40.6 Å². The molecule has 0 unspecified atom stereocenters. The van der Waals surface area contributed by atoms with Crippen LogP contribution in [0.15, 0.2) is 36.8 Å². The molecule has 1 fully saturated rings. The number of nitrogens with zero attached hydrogens (tertiary/aromatic N) is 3. The third-order valence-corrected chi connectivity index (χ3v) is 6.77. The number of nitrogens with one attached hydrogen (secondary N) is 1. The molecule has 0 aliphatic heterocycles. The van der Waals surface area contributed by atoms with E-state index in [0.29, 0.717) is 17.9 Å². The van der Waals surface area contributed by atoms with Gasteiger partial charge in [-0.05, 0) is 79.3 Å². The number of benzene rings is 1. The summed E-state index contributed by atoms with van der Waals surface area (Å²) in [5.41, 5.74) is 8.46. The Hall–Kier alpha value is -2.66. The molecule has 0 amide bonds. The molecule has 5 nitrogen and oxygen atoms in total. The fraction of sp³-hybridized carbons (Fsp3) is 0.440. The number of aryl methyl sites for hydroxylation is 1. The number of hydrogen-bond acceptors (Lipinski definition) is 3. The van der Waals surface area contributed by atoms with E-state index in [1.54, 1.807) is 6.33 Å². The summed E-state index contributed by atoms with van der Waals surface area (Å²) in [4.78, 5) is 8.07. The first-order chi connectivity index (χ1) is 14.5. The Labute approximate surface area is 177 Å². The normalized spacial score (nSPS) is 19.9. The van der Waals surface area contributed by atoms with Crippen LogP contribution in [0.25, 0.3) is 27.8 Å². The van der Waals surface area contributed by atoms with Crippen molar-refractivity contribution in [3.8, 4) is 11.3 Å². The summed E-state index contributed by atoms with van der Waals surface area (Å²) < 4.78 is 7.44. The molecule has 1 saturated carbocycles. The molecule has 0 spiro atoms. The molecule has 0 atom stereocenters. The monoisotopic (exact) mass is 402 g/mol. The third kappa shape index (κ3) is 3.21. The van der Waals surface area contributed by atoms with Crippen molar-refractivity contribution in [1.29, 1.82) is 0 Å². The molecule has 3 heterocycles. The molecule has 1 aliphatic rings. The van der Waals surface area contributed by atoms with Crippen molar-refractivity contribution in [2.24, 2.45) is 0 Å². The molecule has 3 aromatic heterocycles. The standard InChI is InChI=1S/C25H30N4O/c1-15(2)23-21-12-18(17-5-8-20(30-4)9-6-17)7-10-22(21)28-24(23)19-11-16(3)25-26-14-27-29(25)13-19/h7,10-15,17,20,28H,5-6,8-9H2,1-4H3. The van der Waals surface area contributed by atoms with Crippen molar-refractivity contribution >= 4 is 16.6 Å². The van der Waals surface area contributed by atoms with Crippen molar-refractivity contribution < 1.29 is 4.74 Å². The quantitative estimate of drug-likeness (QED) is 0.457. The molecule has 0 radical (unpaired) electrons. The van der Waals surface area contributed by atoms with Crippen LogP contribution in [0.5, 0.6) is 0 Å². The summed E-state index contributed by atoms with van der Waals surface area (Å²) in [6, 6.07) is 9.23. The number of methoxy groups -OCH3 is 1. The van der Waals surface area contributed by atoms with E-state index in [1.807, 2.05) is 11.6 Å². The first-order valence-corrected chi connectivity index (χ1v) is 11.0. The molecular weight excluding hydrogens is 372 g/mol. The van der Waals surface area contributed by atoms with Gasteiger partial charge in [-0.15, -0.1) is 0 Å². The molecule has 1 aromatic carbocycles. The van der Waals surface area contributed by atoms with Gasteiger partial charge >= 0.3 is 0 Å². The number of fused-ring (bicyclic) bond motifs is 2. The van der Waals surface area contributed by atoms with E-state index in [9.17, 15) is 0 Å². The molecule has 4 aromatic rings. The summed E-state index contributed by atoms with van der Waals surface area (Å²) in [7, 11) is 1.84. The second-order valence-electron chi connectivity index (χ2n) is 9.02. The fourth-order valence-corrected chi connectivity index (χ4v) is 5.17. The Kier molecular flexibility index (Phi) is 4.86. The lowest BCUT2D eigenvalue weighted by atomic mass is 9.82. The molecule has 30 heavy (non-hydrogen) atoms. The van der Waals surface area contributed by atoms with Crippen LogP contribution < -0.4 is 0 Å². The number of pyridine rings is 1. The topological polar surface area (TPSA) is 55.2 Å². The van der Waals surface area contributed by atoms with Crippen LogP contribution in [0, 0.1) is 6.92 Å². The largest absolute Gasteiger partial charge is 0.381 e. The predicted molar refractivity (Wildman–Crippen MR) is 121 cm³/mol.